The predicted molar refractivity (Wildman–Crippen MR) is 120 cm³/mol. The highest BCUT2D eigenvalue weighted by molar-refractivity contribution is 5.95. The molecule has 0 spiro atoms. The molecule has 2 unspecified atom stereocenters. The first-order valence-electron chi connectivity index (χ1n) is 11.8. The molecule has 0 aromatic carbocycles. The number of carbonyl (C=O) groups excluding carboxylic acids is 2. The first kappa shape index (κ1) is 24.7. The Balaban J connectivity index is 1.21. The highest BCUT2D eigenvalue weighted by Crippen LogP contribution is 2.40. The van der Waals surface area contributed by atoms with Crippen LogP contribution in [0, 0.1) is 23.7 Å². The van der Waals surface area contributed by atoms with Crippen LogP contribution in [0.4, 0.5) is 13.2 Å². The Kier molecular flexibility index (Phi) is 6.76. The van der Waals surface area contributed by atoms with Crippen LogP contribution in [0.5, 0.6) is 0 Å². The minimum Gasteiger partial charge on any atom is -0.390 e. The molecule has 0 radical (unpaired) electrons. The van der Waals surface area contributed by atoms with Gasteiger partial charge < -0.3 is 20.2 Å². The molecule has 34 heavy (non-hydrogen) atoms. The van der Waals surface area contributed by atoms with Crippen LogP contribution >= 0.6 is 0 Å². The number of hydrogen-bond acceptors (Lipinski definition) is 6. The zero-order valence-electron chi connectivity index (χ0n) is 19.5. The van der Waals surface area contributed by atoms with E-state index in [-0.39, 0.29) is 36.1 Å². The van der Waals surface area contributed by atoms with E-state index in [1.807, 2.05) is 9.80 Å². The zero-order valence-corrected chi connectivity index (χ0v) is 19.5. The number of aliphatic imine (C=N–C) groups is 2. The van der Waals surface area contributed by atoms with E-state index >= 15 is 0 Å². The van der Waals surface area contributed by atoms with Crippen molar-refractivity contribution in [1.82, 2.24) is 15.1 Å². The standard InChI is InChI=1S/C23H32F3N5O3/c1-22(2,34)17-12-28-21(29-13-17)31-5-3-30(4-6-31)20(33)16-8-14(9-16)7-15-10-18(23(24,25)26)19(32)27-11-15/h10,12,14-17,34H,3-9,11,13H2,1-2H3,(H,27,32). The number of rotatable bonds is 4. The third-order valence-electron chi connectivity index (χ3n) is 7.28. The summed E-state index contributed by atoms with van der Waals surface area (Å²) < 4.78 is 38.9. The molecule has 3 heterocycles. The van der Waals surface area contributed by atoms with Gasteiger partial charge in [-0.2, -0.15) is 13.2 Å². The van der Waals surface area contributed by atoms with Gasteiger partial charge in [-0.3, -0.25) is 14.6 Å². The lowest BCUT2D eigenvalue weighted by Gasteiger charge is -2.42. The van der Waals surface area contributed by atoms with E-state index in [1.54, 1.807) is 20.1 Å². The predicted octanol–water partition coefficient (Wildman–Crippen LogP) is 1.61. The average Bonchev–Trinajstić information content (AvgIpc) is 2.75. The lowest BCUT2D eigenvalue weighted by molar-refractivity contribution is -0.141. The second-order valence-corrected chi connectivity index (χ2v) is 10.3. The summed E-state index contributed by atoms with van der Waals surface area (Å²) >= 11 is 0. The average molecular weight is 484 g/mol. The minimum atomic E-state index is -4.64. The van der Waals surface area contributed by atoms with Crippen molar-refractivity contribution in [3.05, 3.63) is 11.6 Å². The van der Waals surface area contributed by atoms with E-state index in [2.05, 4.69) is 15.3 Å². The maximum absolute atomic E-state index is 13.0. The van der Waals surface area contributed by atoms with Gasteiger partial charge in [-0.1, -0.05) is 6.08 Å². The van der Waals surface area contributed by atoms with Crippen molar-refractivity contribution < 1.29 is 27.9 Å². The third-order valence-corrected chi connectivity index (χ3v) is 7.28. The number of piperazine rings is 1. The molecule has 0 aromatic rings. The Morgan fingerprint density at radius 3 is 2.44 bits per heavy atom. The second kappa shape index (κ2) is 9.31. The molecular formula is C23H32F3N5O3. The molecule has 0 aromatic heterocycles. The molecule has 3 aliphatic heterocycles. The summed E-state index contributed by atoms with van der Waals surface area (Å²) in [6, 6.07) is 0. The Morgan fingerprint density at radius 1 is 1.21 bits per heavy atom. The number of guanidine groups is 1. The van der Waals surface area contributed by atoms with Crippen molar-refractivity contribution >= 4 is 24.0 Å². The molecule has 2 N–H and O–H groups in total. The summed E-state index contributed by atoms with van der Waals surface area (Å²) in [5.41, 5.74) is -1.98. The van der Waals surface area contributed by atoms with E-state index in [4.69, 9.17) is 0 Å². The van der Waals surface area contributed by atoms with Crippen LogP contribution in [0.3, 0.4) is 0 Å². The maximum atomic E-state index is 13.0. The Bertz CT molecular complexity index is 895. The Labute approximate surface area is 197 Å². The monoisotopic (exact) mass is 483 g/mol. The molecule has 2 atom stereocenters. The molecule has 1 aliphatic carbocycles. The number of carbonyl (C=O) groups is 2. The highest BCUT2D eigenvalue weighted by Gasteiger charge is 2.43. The van der Waals surface area contributed by atoms with Crippen molar-refractivity contribution in [2.75, 3.05) is 39.3 Å². The van der Waals surface area contributed by atoms with Gasteiger partial charge >= 0.3 is 6.18 Å². The van der Waals surface area contributed by atoms with Crippen LogP contribution in [-0.2, 0) is 9.59 Å². The van der Waals surface area contributed by atoms with Gasteiger partial charge in [-0.15, -0.1) is 0 Å². The molecule has 8 nitrogen and oxygen atoms in total. The molecule has 0 bridgehead atoms. The van der Waals surface area contributed by atoms with Gasteiger partial charge in [0, 0.05) is 50.8 Å². The number of amides is 2. The highest BCUT2D eigenvalue weighted by atomic mass is 19.4. The Hall–Kier alpha value is -2.43. The molecule has 4 rings (SSSR count). The van der Waals surface area contributed by atoms with Gasteiger partial charge in [0.25, 0.3) is 5.91 Å². The minimum absolute atomic E-state index is 0.0848. The molecule has 11 heteroatoms. The van der Waals surface area contributed by atoms with Crippen LogP contribution in [0.2, 0.25) is 0 Å². The maximum Gasteiger partial charge on any atom is 0.421 e. The quantitative estimate of drug-likeness (QED) is 0.635. The van der Waals surface area contributed by atoms with Crippen LogP contribution < -0.4 is 5.32 Å². The smallest absolute Gasteiger partial charge is 0.390 e. The summed E-state index contributed by atoms with van der Waals surface area (Å²) in [4.78, 5) is 37.2. The van der Waals surface area contributed by atoms with Gasteiger partial charge in [-0.25, -0.2) is 4.99 Å². The number of hydrogen-bond donors (Lipinski definition) is 2. The van der Waals surface area contributed by atoms with Gasteiger partial charge in [0.05, 0.1) is 12.1 Å². The molecule has 1 saturated heterocycles. The van der Waals surface area contributed by atoms with Gasteiger partial charge in [-0.05, 0) is 44.9 Å². The van der Waals surface area contributed by atoms with Crippen LogP contribution in [-0.4, -0.2) is 89.9 Å². The number of alkyl halides is 3. The molecule has 1 saturated carbocycles. The van der Waals surface area contributed by atoms with Crippen molar-refractivity contribution in [3.63, 3.8) is 0 Å². The molecule has 4 aliphatic rings. The fourth-order valence-electron chi connectivity index (χ4n) is 5.02. The van der Waals surface area contributed by atoms with Crippen molar-refractivity contribution in [2.45, 2.75) is 44.9 Å². The Morgan fingerprint density at radius 2 is 1.88 bits per heavy atom. The van der Waals surface area contributed by atoms with E-state index in [1.165, 1.54) is 0 Å². The van der Waals surface area contributed by atoms with E-state index < -0.39 is 23.3 Å². The molecular weight excluding hydrogens is 451 g/mol. The lowest BCUT2D eigenvalue weighted by Crippen LogP contribution is -2.53. The topological polar surface area (TPSA) is 97.6 Å². The summed E-state index contributed by atoms with van der Waals surface area (Å²) in [7, 11) is 0. The third kappa shape index (κ3) is 5.45. The fraction of sp³-hybridized carbons (Fsp3) is 0.739. The van der Waals surface area contributed by atoms with E-state index in [0.717, 1.165) is 6.08 Å². The van der Waals surface area contributed by atoms with Gasteiger partial charge in [0.1, 0.15) is 5.57 Å². The number of nitrogens with one attached hydrogen (secondary N) is 1. The number of nitrogens with zero attached hydrogens (tertiary/aromatic N) is 4. The molecule has 188 valence electrons. The van der Waals surface area contributed by atoms with Gasteiger partial charge in [0.2, 0.25) is 11.9 Å². The van der Waals surface area contributed by atoms with Crippen LogP contribution in [0.15, 0.2) is 21.6 Å². The fourth-order valence-corrected chi connectivity index (χ4v) is 5.02. The first-order valence-corrected chi connectivity index (χ1v) is 11.8. The van der Waals surface area contributed by atoms with Crippen molar-refractivity contribution in [2.24, 2.45) is 33.7 Å². The summed E-state index contributed by atoms with van der Waals surface area (Å²) in [6.45, 7) is 6.60. The van der Waals surface area contributed by atoms with Crippen LogP contribution in [0.1, 0.15) is 33.1 Å². The number of aliphatic hydroxyl groups is 1. The normalized spacial score (nSPS) is 30.4. The number of halogens is 3. The largest absolute Gasteiger partial charge is 0.421 e. The summed E-state index contributed by atoms with van der Waals surface area (Å²) in [5, 5.41) is 12.4. The molecule has 2 fully saturated rings. The second-order valence-electron chi connectivity index (χ2n) is 10.3. The van der Waals surface area contributed by atoms with Crippen molar-refractivity contribution in [3.8, 4) is 0 Å². The van der Waals surface area contributed by atoms with E-state index in [0.29, 0.717) is 57.9 Å². The summed E-state index contributed by atoms with van der Waals surface area (Å²) in [5.74, 6) is -0.684. The SMILES string of the molecule is CC(C)(O)C1C=NC(N2CCN(C(=O)C3CC(CC4C=C(C(F)(F)F)C(=O)NC4)C3)CC2)=NC1. The van der Waals surface area contributed by atoms with Gasteiger partial charge in [0.15, 0.2) is 0 Å². The van der Waals surface area contributed by atoms with Crippen LogP contribution in [0.25, 0.3) is 0 Å². The molecule has 2 amide bonds. The zero-order chi connectivity index (χ0) is 24.7. The lowest BCUT2D eigenvalue weighted by atomic mass is 9.70. The van der Waals surface area contributed by atoms with Crippen molar-refractivity contribution in [1.29, 1.82) is 0 Å². The van der Waals surface area contributed by atoms with E-state index in [9.17, 15) is 27.9 Å². The first-order chi connectivity index (χ1) is 15.9. The summed E-state index contributed by atoms with van der Waals surface area (Å²) in [6.07, 6.45) is 0.0456.